The molecule has 0 saturated carbocycles. The molecule has 0 aromatic carbocycles. The minimum atomic E-state index is 0.725. The maximum atomic E-state index is 4.52. The summed E-state index contributed by atoms with van der Waals surface area (Å²) in [6.07, 6.45) is 3.81. The molecule has 0 amide bonds. The Kier molecular flexibility index (Phi) is 5.14. The van der Waals surface area contributed by atoms with Gasteiger partial charge in [0.05, 0.1) is 5.69 Å². The van der Waals surface area contributed by atoms with Gasteiger partial charge in [0.25, 0.3) is 0 Å². The maximum absolute atomic E-state index is 4.52. The first-order chi connectivity index (χ1) is 10.2. The van der Waals surface area contributed by atoms with Gasteiger partial charge in [0.1, 0.15) is 17.5 Å². The molecule has 2 aromatic rings. The van der Waals surface area contributed by atoms with E-state index in [0.29, 0.717) is 0 Å². The molecule has 2 heterocycles. The summed E-state index contributed by atoms with van der Waals surface area (Å²) < 4.78 is 1.86. The van der Waals surface area contributed by atoms with Crippen LogP contribution in [0.15, 0.2) is 12.3 Å². The van der Waals surface area contributed by atoms with Gasteiger partial charge in [-0.05, 0) is 13.3 Å². The smallest absolute Gasteiger partial charge is 0.132 e. The van der Waals surface area contributed by atoms with Crippen LogP contribution in [0.1, 0.15) is 37.9 Å². The molecular weight excluding hydrogens is 264 g/mol. The van der Waals surface area contributed by atoms with E-state index in [0.717, 1.165) is 49.1 Å². The Morgan fingerprint density at radius 2 is 1.76 bits per heavy atom. The summed E-state index contributed by atoms with van der Waals surface area (Å²) in [6, 6.07) is 1.95. The molecule has 0 unspecified atom stereocenters. The van der Waals surface area contributed by atoms with Gasteiger partial charge in [0, 0.05) is 44.4 Å². The number of anilines is 2. The Balaban J connectivity index is 2.13. The third kappa shape index (κ3) is 3.93. The second-order valence-electron chi connectivity index (χ2n) is 4.92. The highest BCUT2D eigenvalue weighted by atomic mass is 15.3. The van der Waals surface area contributed by atoms with Gasteiger partial charge in [-0.3, -0.25) is 4.68 Å². The quantitative estimate of drug-likeness (QED) is 0.818. The Morgan fingerprint density at radius 3 is 2.38 bits per heavy atom. The third-order valence-corrected chi connectivity index (χ3v) is 3.23. The molecule has 6 nitrogen and oxygen atoms in total. The van der Waals surface area contributed by atoms with Crippen LogP contribution < -0.4 is 10.6 Å². The van der Waals surface area contributed by atoms with E-state index in [1.165, 1.54) is 5.56 Å². The van der Waals surface area contributed by atoms with Crippen molar-refractivity contribution in [2.75, 3.05) is 17.2 Å². The summed E-state index contributed by atoms with van der Waals surface area (Å²) in [5, 5.41) is 11.1. The van der Waals surface area contributed by atoms with Crippen LogP contribution in [0.4, 0.5) is 11.6 Å². The predicted octanol–water partition coefficient (Wildman–Crippen LogP) is 2.38. The number of nitrogens with zero attached hydrogens (tertiary/aromatic N) is 4. The van der Waals surface area contributed by atoms with E-state index in [1.54, 1.807) is 0 Å². The number of nitrogens with one attached hydrogen (secondary N) is 2. The van der Waals surface area contributed by atoms with Crippen LogP contribution in [0.25, 0.3) is 0 Å². The van der Waals surface area contributed by atoms with Gasteiger partial charge in [-0.1, -0.05) is 13.8 Å². The van der Waals surface area contributed by atoms with Gasteiger partial charge < -0.3 is 10.6 Å². The lowest BCUT2D eigenvalue weighted by Crippen LogP contribution is -2.08. The zero-order valence-corrected chi connectivity index (χ0v) is 13.3. The van der Waals surface area contributed by atoms with Crippen molar-refractivity contribution in [1.29, 1.82) is 0 Å². The van der Waals surface area contributed by atoms with Crippen molar-refractivity contribution in [2.45, 2.75) is 40.2 Å². The van der Waals surface area contributed by atoms with E-state index in [4.69, 9.17) is 0 Å². The molecule has 0 radical (unpaired) electrons. The van der Waals surface area contributed by atoms with Crippen LogP contribution in [-0.4, -0.2) is 26.3 Å². The van der Waals surface area contributed by atoms with Crippen LogP contribution in [0.3, 0.4) is 0 Å². The molecule has 0 saturated heterocycles. The highest BCUT2D eigenvalue weighted by molar-refractivity contribution is 5.48. The van der Waals surface area contributed by atoms with Crippen LogP contribution in [0, 0.1) is 0 Å². The summed E-state index contributed by atoms with van der Waals surface area (Å²) in [6.45, 7) is 7.81. The molecule has 0 aliphatic heterocycles. The lowest BCUT2D eigenvalue weighted by Gasteiger charge is -2.10. The van der Waals surface area contributed by atoms with Gasteiger partial charge in [0.2, 0.25) is 0 Å². The second-order valence-corrected chi connectivity index (χ2v) is 4.92. The van der Waals surface area contributed by atoms with Gasteiger partial charge in [-0.2, -0.15) is 5.10 Å². The van der Waals surface area contributed by atoms with E-state index < -0.39 is 0 Å². The van der Waals surface area contributed by atoms with Crippen LogP contribution in [-0.2, 0) is 26.4 Å². The molecule has 0 bridgehead atoms. The van der Waals surface area contributed by atoms with E-state index in [-0.39, 0.29) is 0 Å². The fraction of sp³-hybridized carbons (Fsp3) is 0.533. The van der Waals surface area contributed by atoms with Gasteiger partial charge in [-0.15, -0.1) is 0 Å². The van der Waals surface area contributed by atoms with Crippen LogP contribution >= 0.6 is 0 Å². The Morgan fingerprint density at radius 1 is 1.05 bits per heavy atom. The largest absolute Gasteiger partial charge is 0.370 e. The van der Waals surface area contributed by atoms with Crippen molar-refractivity contribution in [2.24, 2.45) is 7.05 Å². The number of aromatic nitrogens is 4. The number of rotatable bonds is 7. The van der Waals surface area contributed by atoms with Crippen molar-refractivity contribution >= 4 is 11.6 Å². The molecule has 2 aromatic heterocycles. The first-order valence-corrected chi connectivity index (χ1v) is 7.53. The van der Waals surface area contributed by atoms with Crippen molar-refractivity contribution in [3.05, 3.63) is 29.3 Å². The van der Waals surface area contributed by atoms with E-state index in [1.807, 2.05) is 17.8 Å². The maximum Gasteiger partial charge on any atom is 0.132 e. The lowest BCUT2D eigenvalue weighted by atomic mass is 10.2. The predicted molar refractivity (Wildman–Crippen MR) is 85.5 cm³/mol. The molecule has 0 aliphatic rings. The van der Waals surface area contributed by atoms with Crippen molar-refractivity contribution in [3.8, 4) is 0 Å². The molecule has 114 valence electrons. The number of hydrogen-bond donors (Lipinski definition) is 2. The Bertz CT molecular complexity index is 590. The van der Waals surface area contributed by atoms with Crippen molar-refractivity contribution in [1.82, 2.24) is 19.7 Å². The zero-order valence-electron chi connectivity index (χ0n) is 13.3. The molecule has 21 heavy (non-hydrogen) atoms. The van der Waals surface area contributed by atoms with E-state index in [9.17, 15) is 0 Å². The van der Waals surface area contributed by atoms with Gasteiger partial charge in [0.15, 0.2) is 0 Å². The second kappa shape index (κ2) is 7.06. The monoisotopic (exact) mass is 288 g/mol. The summed E-state index contributed by atoms with van der Waals surface area (Å²) in [5.74, 6) is 2.57. The summed E-state index contributed by atoms with van der Waals surface area (Å²) in [4.78, 5) is 8.98. The Labute approximate surface area is 126 Å². The third-order valence-electron chi connectivity index (χ3n) is 3.23. The fourth-order valence-electron chi connectivity index (χ4n) is 2.23. The molecular formula is C15H24N6. The molecule has 0 aliphatic carbocycles. The average Bonchev–Trinajstić information content (AvgIpc) is 2.85. The first kappa shape index (κ1) is 15.3. The number of hydrogen-bond acceptors (Lipinski definition) is 5. The zero-order chi connectivity index (χ0) is 15.2. The molecule has 0 atom stereocenters. The first-order valence-electron chi connectivity index (χ1n) is 7.53. The average molecular weight is 288 g/mol. The molecule has 6 heteroatoms. The van der Waals surface area contributed by atoms with Gasteiger partial charge in [-0.25, -0.2) is 9.97 Å². The van der Waals surface area contributed by atoms with Crippen LogP contribution in [0.2, 0.25) is 0 Å². The lowest BCUT2D eigenvalue weighted by molar-refractivity contribution is 0.746. The molecule has 0 fully saturated rings. The molecule has 2 rings (SSSR count). The topological polar surface area (TPSA) is 67.7 Å². The van der Waals surface area contributed by atoms with Crippen molar-refractivity contribution < 1.29 is 0 Å². The normalized spacial score (nSPS) is 10.7. The minimum absolute atomic E-state index is 0.725. The number of aryl methyl sites for hydroxylation is 3. The SMILES string of the molecule is CCNc1cc(NCc2cn(C)nc2CC)nc(CC)n1. The highest BCUT2D eigenvalue weighted by Crippen LogP contribution is 2.14. The van der Waals surface area contributed by atoms with Crippen molar-refractivity contribution in [3.63, 3.8) is 0 Å². The van der Waals surface area contributed by atoms with E-state index in [2.05, 4.69) is 52.7 Å². The van der Waals surface area contributed by atoms with E-state index >= 15 is 0 Å². The highest BCUT2D eigenvalue weighted by Gasteiger charge is 2.07. The Hall–Kier alpha value is -2.11. The summed E-state index contributed by atoms with van der Waals surface area (Å²) in [5.41, 5.74) is 2.34. The molecule has 2 N–H and O–H groups in total. The molecule has 0 spiro atoms. The standard InChI is InChI=1S/C15H24N6/c1-5-12-11(10-21(4)20-12)9-17-15-8-14(16-7-3)18-13(6-2)19-15/h8,10H,5-7,9H2,1-4H3,(H2,16,17,18,19). The fourth-order valence-corrected chi connectivity index (χ4v) is 2.23. The van der Waals surface area contributed by atoms with Gasteiger partial charge >= 0.3 is 0 Å². The summed E-state index contributed by atoms with van der Waals surface area (Å²) >= 11 is 0. The minimum Gasteiger partial charge on any atom is -0.370 e. The van der Waals surface area contributed by atoms with Crippen LogP contribution in [0.5, 0.6) is 0 Å². The summed E-state index contributed by atoms with van der Waals surface area (Å²) in [7, 11) is 1.95.